The summed E-state index contributed by atoms with van der Waals surface area (Å²) in [7, 11) is 0. The lowest BCUT2D eigenvalue weighted by molar-refractivity contribution is 0.0341. The van der Waals surface area contributed by atoms with Crippen LogP contribution in [-0.4, -0.2) is 13.1 Å². The number of hydrogen-bond donors (Lipinski definition) is 1. The summed E-state index contributed by atoms with van der Waals surface area (Å²) in [5.41, 5.74) is 7.28. The normalized spacial score (nSPS) is 39.6. The van der Waals surface area contributed by atoms with Gasteiger partial charge in [-0.2, -0.15) is 0 Å². The Morgan fingerprint density at radius 2 is 2.16 bits per heavy atom. The Kier molecular flexibility index (Phi) is 4.35. The summed E-state index contributed by atoms with van der Waals surface area (Å²) in [4.78, 5) is 0. The Bertz CT molecular complexity index is 664. The van der Waals surface area contributed by atoms with Crippen molar-refractivity contribution in [2.24, 2.45) is 22.7 Å². The number of rotatable bonds is 4. The number of allylic oxidation sites excluding steroid dienone is 6. The molecule has 0 aromatic heterocycles. The van der Waals surface area contributed by atoms with Crippen molar-refractivity contribution < 1.29 is 0 Å². The Hall–Kier alpha value is -1.08. The number of nitrogens with one attached hydrogen (secondary N) is 1. The molecule has 0 aromatic carbocycles. The zero-order valence-corrected chi connectivity index (χ0v) is 16.5. The summed E-state index contributed by atoms with van der Waals surface area (Å²) in [6.45, 7) is 13.3. The van der Waals surface area contributed by atoms with Crippen LogP contribution in [-0.2, 0) is 0 Å². The van der Waals surface area contributed by atoms with Crippen LogP contribution in [0.2, 0.25) is 0 Å². The number of likely N-dealkylation sites (N-methyl/N-ethyl adjacent to an activating group) is 1. The first kappa shape index (κ1) is 17.3. The molecule has 2 fully saturated rings. The van der Waals surface area contributed by atoms with E-state index in [1.165, 1.54) is 50.5 Å². The fraction of sp³-hybridized carbons (Fsp3) is 0.667. The van der Waals surface area contributed by atoms with Crippen molar-refractivity contribution in [3.63, 3.8) is 0 Å². The third kappa shape index (κ3) is 2.31. The van der Waals surface area contributed by atoms with Gasteiger partial charge in [0.1, 0.15) is 0 Å². The monoisotopic (exact) mass is 337 g/mol. The van der Waals surface area contributed by atoms with E-state index in [1.54, 1.807) is 16.7 Å². The number of hydrogen-bond acceptors (Lipinski definition) is 1. The molecule has 0 unspecified atom stereocenters. The molecule has 1 N–H and O–H groups in total. The molecule has 0 radical (unpaired) electrons. The molecule has 0 aliphatic heterocycles. The van der Waals surface area contributed by atoms with Gasteiger partial charge in [-0.05, 0) is 76.3 Å². The quantitative estimate of drug-likeness (QED) is 0.624. The van der Waals surface area contributed by atoms with Gasteiger partial charge in [0.05, 0.1) is 0 Å². The summed E-state index contributed by atoms with van der Waals surface area (Å²) >= 11 is 0. The summed E-state index contributed by atoms with van der Waals surface area (Å²) in [5, 5.41) is 3.67. The summed E-state index contributed by atoms with van der Waals surface area (Å²) in [5.74, 6) is 1.46. The van der Waals surface area contributed by atoms with Gasteiger partial charge in [-0.1, -0.05) is 54.9 Å². The molecule has 1 heteroatoms. The van der Waals surface area contributed by atoms with Crippen molar-refractivity contribution >= 4 is 0 Å². The summed E-state index contributed by atoms with van der Waals surface area (Å²) < 4.78 is 0. The largest absolute Gasteiger partial charge is 0.313 e. The predicted molar refractivity (Wildman–Crippen MR) is 107 cm³/mol. The maximum atomic E-state index is 4.30. The highest BCUT2D eigenvalue weighted by atomic mass is 14.9. The molecule has 0 amide bonds. The van der Waals surface area contributed by atoms with Crippen LogP contribution in [0, 0.1) is 22.7 Å². The molecule has 4 aliphatic rings. The molecule has 2 saturated carbocycles. The van der Waals surface area contributed by atoms with Gasteiger partial charge in [-0.15, -0.1) is 0 Å². The lowest BCUT2D eigenvalue weighted by atomic mass is 9.43. The lowest BCUT2D eigenvalue weighted by Gasteiger charge is -2.61. The Labute approximate surface area is 154 Å². The van der Waals surface area contributed by atoms with E-state index in [2.05, 4.69) is 50.9 Å². The second-order valence-corrected chi connectivity index (χ2v) is 9.08. The molecule has 4 rings (SSSR count). The zero-order chi connectivity index (χ0) is 17.7. The van der Waals surface area contributed by atoms with Gasteiger partial charge in [-0.25, -0.2) is 0 Å². The minimum Gasteiger partial charge on any atom is -0.313 e. The van der Waals surface area contributed by atoms with Gasteiger partial charge in [-0.3, -0.25) is 0 Å². The standard InChI is InChI=1S/C24H35N/c1-5-25-16-21-14-18(4)22-15-19(17(2)3)10-13-23(22)11-6-8-20-9-7-12-24(20,21)23/h6,8,14,19-20,25H,2,5,7,9-13,15-16H2,1,3-4H3/t19-,20-,23-,24+/m1/s1. The Morgan fingerprint density at radius 3 is 2.92 bits per heavy atom. The van der Waals surface area contributed by atoms with Crippen molar-refractivity contribution in [3.05, 3.63) is 47.1 Å². The third-order valence-corrected chi connectivity index (χ3v) is 8.06. The molecule has 2 spiro atoms. The van der Waals surface area contributed by atoms with Gasteiger partial charge in [0.15, 0.2) is 0 Å². The predicted octanol–water partition coefficient (Wildman–Crippen LogP) is 5.96. The smallest absolute Gasteiger partial charge is 0.0173 e. The van der Waals surface area contributed by atoms with Crippen LogP contribution in [0.25, 0.3) is 0 Å². The van der Waals surface area contributed by atoms with Crippen molar-refractivity contribution in [2.45, 2.75) is 65.7 Å². The van der Waals surface area contributed by atoms with Crippen LogP contribution < -0.4 is 5.32 Å². The molecule has 0 heterocycles. The van der Waals surface area contributed by atoms with E-state index in [0.717, 1.165) is 19.0 Å². The first-order valence-electron chi connectivity index (χ1n) is 10.5. The average molecular weight is 338 g/mol. The average Bonchev–Trinajstić information content (AvgIpc) is 3.04. The van der Waals surface area contributed by atoms with Gasteiger partial charge in [0.25, 0.3) is 0 Å². The van der Waals surface area contributed by atoms with Gasteiger partial charge < -0.3 is 5.32 Å². The van der Waals surface area contributed by atoms with Crippen molar-refractivity contribution in [1.82, 2.24) is 5.32 Å². The highest BCUT2D eigenvalue weighted by Gasteiger charge is 2.62. The van der Waals surface area contributed by atoms with Gasteiger partial charge in [0, 0.05) is 17.4 Å². The Balaban J connectivity index is 1.85. The molecule has 136 valence electrons. The van der Waals surface area contributed by atoms with E-state index in [1.807, 2.05) is 0 Å². The molecule has 0 bridgehead atoms. The van der Waals surface area contributed by atoms with Crippen molar-refractivity contribution in [3.8, 4) is 0 Å². The van der Waals surface area contributed by atoms with E-state index in [4.69, 9.17) is 0 Å². The molecule has 4 atom stereocenters. The molecular formula is C24H35N. The van der Waals surface area contributed by atoms with Crippen LogP contribution in [0.5, 0.6) is 0 Å². The highest BCUT2D eigenvalue weighted by molar-refractivity contribution is 5.49. The maximum Gasteiger partial charge on any atom is 0.0173 e. The zero-order valence-electron chi connectivity index (χ0n) is 16.5. The van der Waals surface area contributed by atoms with Gasteiger partial charge in [0.2, 0.25) is 0 Å². The summed E-state index contributed by atoms with van der Waals surface area (Å²) in [6.07, 6.45) is 17.1. The molecule has 0 aromatic rings. The first-order valence-corrected chi connectivity index (χ1v) is 10.5. The minimum atomic E-state index is 0.401. The fourth-order valence-corrected chi connectivity index (χ4v) is 6.95. The van der Waals surface area contributed by atoms with Crippen LogP contribution in [0.15, 0.2) is 47.1 Å². The first-order chi connectivity index (χ1) is 12.0. The molecule has 0 saturated heterocycles. The highest BCUT2D eigenvalue weighted by Crippen LogP contribution is 2.71. The minimum absolute atomic E-state index is 0.401. The fourth-order valence-electron chi connectivity index (χ4n) is 6.95. The third-order valence-electron chi connectivity index (χ3n) is 8.06. The Morgan fingerprint density at radius 1 is 1.32 bits per heavy atom. The van der Waals surface area contributed by atoms with Crippen LogP contribution in [0.4, 0.5) is 0 Å². The van der Waals surface area contributed by atoms with E-state index < -0.39 is 0 Å². The second-order valence-electron chi connectivity index (χ2n) is 9.08. The molecule has 25 heavy (non-hydrogen) atoms. The second kappa shape index (κ2) is 6.27. The maximum absolute atomic E-state index is 4.30. The van der Waals surface area contributed by atoms with Crippen LogP contribution >= 0.6 is 0 Å². The summed E-state index contributed by atoms with van der Waals surface area (Å²) in [6, 6.07) is 0. The molecule has 4 aliphatic carbocycles. The van der Waals surface area contributed by atoms with Crippen LogP contribution in [0.3, 0.4) is 0 Å². The molecule has 1 nitrogen and oxygen atoms in total. The van der Waals surface area contributed by atoms with E-state index in [0.29, 0.717) is 16.7 Å². The van der Waals surface area contributed by atoms with E-state index >= 15 is 0 Å². The van der Waals surface area contributed by atoms with Gasteiger partial charge >= 0.3 is 0 Å². The van der Waals surface area contributed by atoms with Crippen molar-refractivity contribution in [2.75, 3.05) is 13.1 Å². The molecular weight excluding hydrogens is 302 g/mol. The lowest BCUT2D eigenvalue weighted by Crippen LogP contribution is -2.53. The topological polar surface area (TPSA) is 12.0 Å². The van der Waals surface area contributed by atoms with Crippen molar-refractivity contribution in [1.29, 1.82) is 0 Å². The van der Waals surface area contributed by atoms with E-state index in [-0.39, 0.29) is 0 Å². The SMILES string of the molecule is C=C(C)[C@@H]1CC[C@@]23CC=C[C@@H]4CCC[C@@]42C(CNCC)=CC(C)=C3C1. The van der Waals surface area contributed by atoms with Crippen LogP contribution in [0.1, 0.15) is 65.7 Å². The van der Waals surface area contributed by atoms with E-state index in [9.17, 15) is 0 Å².